The first kappa shape index (κ1) is 14.1. The molecule has 0 bridgehead atoms. The van der Waals surface area contributed by atoms with Crippen LogP contribution in [0.3, 0.4) is 0 Å². The van der Waals surface area contributed by atoms with Crippen LogP contribution < -0.4 is 11.3 Å². The fourth-order valence-corrected chi connectivity index (χ4v) is 2.49. The average molecular weight is 328 g/mol. The van der Waals surface area contributed by atoms with Crippen molar-refractivity contribution in [1.29, 1.82) is 0 Å². The fraction of sp³-hybridized carbons (Fsp3) is 0.333. The van der Waals surface area contributed by atoms with Crippen LogP contribution in [0.1, 0.15) is 30.6 Å². The minimum atomic E-state index is -0.393. The van der Waals surface area contributed by atoms with Crippen molar-refractivity contribution in [1.82, 2.24) is 20.2 Å². The fourth-order valence-electron chi connectivity index (χ4n) is 1.97. The molecule has 2 rings (SSSR count). The summed E-state index contributed by atoms with van der Waals surface area (Å²) in [5.41, 5.74) is 4.20. The van der Waals surface area contributed by atoms with Crippen LogP contribution in [0.4, 0.5) is 4.39 Å². The third-order valence-electron chi connectivity index (χ3n) is 2.77. The first-order valence-corrected chi connectivity index (χ1v) is 6.74. The summed E-state index contributed by atoms with van der Waals surface area (Å²) in [6, 6.07) is 1.04. The molecule has 5 nitrogen and oxygen atoms in total. The molecule has 2 aromatic heterocycles. The predicted octanol–water partition coefficient (Wildman–Crippen LogP) is 2.14. The van der Waals surface area contributed by atoms with Crippen LogP contribution in [0, 0.1) is 5.82 Å². The maximum Gasteiger partial charge on any atom is 0.141 e. The Balaban J connectivity index is 2.44. The average Bonchev–Trinajstić information content (AvgIpc) is 2.74. The van der Waals surface area contributed by atoms with Crippen LogP contribution >= 0.6 is 15.9 Å². The molecule has 0 radical (unpaired) electrons. The van der Waals surface area contributed by atoms with Crippen molar-refractivity contribution in [3.63, 3.8) is 0 Å². The Morgan fingerprint density at radius 3 is 2.89 bits per heavy atom. The lowest BCUT2D eigenvalue weighted by Gasteiger charge is -2.18. The Morgan fingerprint density at radius 2 is 2.26 bits per heavy atom. The number of nitrogens with one attached hydrogen (secondary N) is 1. The van der Waals surface area contributed by atoms with E-state index in [9.17, 15) is 4.39 Å². The van der Waals surface area contributed by atoms with Gasteiger partial charge in [-0.3, -0.25) is 15.5 Å². The molecule has 0 aliphatic carbocycles. The van der Waals surface area contributed by atoms with E-state index in [1.54, 1.807) is 12.4 Å². The smallest absolute Gasteiger partial charge is 0.141 e. The molecule has 102 valence electrons. The summed E-state index contributed by atoms with van der Waals surface area (Å²) in [5, 5.41) is 4.28. The molecule has 0 aliphatic heterocycles. The lowest BCUT2D eigenvalue weighted by molar-refractivity contribution is 0.516. The van der Waals surface area contributed by atoms with Gasteiger partial charge in [-0.1, -0.05) is 6.92 Å². The molecule has 3 N–H and O–H groups in total. The number of halogens is 2. The standard InChI is InChI=1S/C12H15BrFN5/c1-2-3-19-12(10(13)7-17-19)11(18-15)8-4-9(14)6-16-5-8/h4-7,11,18H,2-3,15H2,1H3. The quantitative estimate of drug-likeness (QED) is 0.652. The van der Waals surface area contributed by atoms with Crippen LogP contribution in [-0.4, -0.2) is 14.8 Å². The van der Waals surface area contributed by atoms with Gasteiger partial charge in [0.25, 0.3) is 0 Å². The number of hydrogen-bond donors (Lipinski definition) is 2. The molecule has 7 heteroatoms. The first-order valence-electron chi connectivity index (χ1n) is 5.95. The zero-order valence-corrected chi connectivity index (χ0v) is 12.1. The van der Waals surface area contributed by atoms with Gasteiger partial charge >= 0.3 is 0 Å². The Kier molecular flexibility index (Phi) is 4.62. The van der Waals surface area contributed by atoms with E-state index in [-0.39, 0.29) is 6.04 Å². The van der Waals surface area contributed by atoms with Crippen molar-refractivity contribution in [3.8, 4) is 0 Å². The van der Waals surface area contributed by atoms with Crippen LogP contribution in [0.5, 0.6) is 0 Å². The van der Waals surface area contributed by atoms with Gasteiger partial charge in [0.2, 0.25) is 0 Å². The highest BCUT2D eigenvalue weighted by molar-refractivity contribution is 9.10. The van der Waals surface area contributed by atoms with Gasteiger partial charge in [-0.15, -0.1) is 0 Å². The molecule has 1 unspecified atom stereocenters. The highest BCUT2D eigenvalue weighted by Crippen LogP contribution is 2.28. The summed E-state index contributed by atoms with van der Waals surface area (Å²) in [7, 11) is 0. The Labute approximate surface area is 119 Å². The minimum absolute atomic E-state index is 0.369. The van der Waals surface area contributed by atoms with Gasteiger partial charge in [-0.2, -0.15) is 5.10 Å². The third-order valence-corrected chi connectivity index (χ3v) is 3.38. The number of pyridine rings is 1. The molecule has 0 fully saturated rings. The van der Waals surface area contributed by atoms with E-state index in [0.717, 1.165) is 29.3 Å². The van der Waals surface area contributed by atoms with Gasteiger partial charge < -0.3 is 0 Å². The molecule has 2 heterocycles. The third kappa shape index (κ3) is 2.99. The Bertz CT molecular complexity index is 557. The number of hydrogen-bond acceptors (Lipinski definition) is 4. The summed E-state index contributed by atoms with van der Waals surface area (Å²) in [4.78, 5) is 3.85. The molecule has 1 atom stereocenters. The van der Waals surface area contributed by atoms with Gasteiger partial charge in [0, 0.05) is 12.7 Å². The van der Waals surface area contributed by atoms with Crippen molar-refractivity contribution in [3.05, 3.63) is 46.2 Å². The normalized spacial score (nSPS) is 12.6. The van der Waals surface area contributed by atoms with Gasteiger partial charge in [0.1, 0.15) is 5.82 Å². The molecule has 0 aromatic carbocycles. The monoisotopic (exact) mass is 327 g/mol. The summed E-state index contributed by atoms with van der Waals surface area (Å²) in [5.74, 6) is 5.22. The SMILES string of the molecule is CCCn1ncc(Br)c1C(NN)c1cncc(F)c1. The second-order valence-corrected chi connectivity index (χ2v) is 4.99. The number of nitrogens with two attached hydrogens (primary N) is 1. The topological polar surface area (TPSA) is 68.8 Å². The summed E-state index contributed by atoms with van der Waals surface area (Å²) >= 11 is 3.45. The summed E-state index contributed by atoms with van der Waals surface area (Å²) in [6.45, 7) is 2.83. The lowest BCUT2D eigenvalue weighted by atomic mass is 10.1. The maximum absolute atomic E-state index is 13.3. The van der Waals surface area contributed by atoms with E-state index in [1.807, 2.05) is 4.68 Å². The maximum atomic E-state index is 13.3. The molecule has 0 spiro atoms. The van der Waals surface area contributed by atoms with Crippen molar-refractivity contribution in [2.45, 2.75) is 25.9 Å². The number of aryl methyl sites for hydroxylation is 1. The van der Waals surface area contributed by atoms with Gasteiger partial charge in [0.05, 0.1) is 28.6 Å². The lowest BCUT2D eigenvalue weighted by Crippen LogP contribution is -2.31. The zero-order chi connectivity index (χ0) is 13.8. The van der Waals surface area contributed by atoms with Crippen molar-refractivity contribution >= 4 is 15.9 Å². The molecule has 0 saturated carbocycles. The molecular formula is C12H15BrFN5. The summed E-state index contributed by atoms with van der Waals surface area (Å²) < 4.78 is 16.0. The van der Waals surface area contributed by atoms with Gasteiger partial charge in [-0.05, 0) is 34.0 Å². The van der Waals surface area contributed by atoms with E-state index < -0.39 is 5.82 Å². The Hall–Kier alpha value is -1.31. The van der Waals surface area contributed by atoms with Gasteiger partial charge in [0.15, 0.2) is 0 Å². The van der Waals surface area contributed by atoms with E-state index >= 15 is 0 Å². The number of rotatable bonds is 5. The Morgan fingerprint density at radius 1 is 1.47 bits per heavy atom. The van der Waals surface area contributed by atoms with E-state index in [1.165, 1.54) is 6.07 Å². The minimum Gasteiger partial charge on any atom is -0.271 e. The van der Waals surface area contributed by atoms with E-state index in [4.69, 9.17) is 5.84 Å². The van der Waals surface area contributed by atoms with Crippen molar-refractivity contribution in [2.75, 3.05) is 0 Å². The van der Waals surface area contributed by atoms with Gasteiger partial charge in [-0.25, -0.2) is 9.82 Å². The van der Waals surface area contributed by atoms with Crippen LogP contribution in [0.2, 0.25) is 0 Å². The first-order chi connectivity index (χ1) is 9.17. The molecule has 19 heavy (non-hydrogen) atoms. The summed E-state index contributed by atoms with van der Waals surface area (Å²) in [6.07, 6.45) is 5.40. The van der Waals surface area contributed by atoms with E-state index in [2.05, 4.69) is 38.4 Å². The second-order valence-electron chi connectivity index (χ2n) is 4.14. The van der Waals surface area contributed by atoms with Crippen LogP contribution in [0.25, 0.3) is 0 Å². The largest absolute Gasteiger partial charge is 0.271 e. The molecule has 0 saturated heterocycles. The number of nitrogens with zero attached hydrogens (tertiary/aromatic N) is 3. The second kappa shape index (κ2) is 6.23. The van der Waals surface area contributed by atoms with E-state index in [0.29, 0.717) is 5.56 Å². The molecule has 2 aromatic rings. The number of hydrazine groups is 1. The zero-order valence-electron chi connectivity index (χ0n) is 10.5. The van der Waals surface area contributed by atoms with Crippen LogP contribution in [0.15, 0.2) is 29.1 Å². The van der Waals surface area contributed by atoms with Crippen molar-refractivity contribution < 1.29 is 4.39 Å². The van der Waals surface area contributed by atoms with Crippen molar-refractivity contribution in [2.24, 2.45) is 5.84 Å². The molecule has 0 amide bonds. The molecular weight excluding hydrogens is 313 g/mol. The number of aromatic nitrogens is 3. The highest BCUT2D eigenvalue weighted by Gasteiger charge is 2.21. The molecule has 0 aliphatic rings. The van der Waals surface area contributed by atoms with Crippen LogP contribution in [-0.2, 0) is 6.54 Å². The predicted molar refractivity (Wildman–Crippen MR) is 73.6 cm³/mol. The highest BCUT2D eigenvalue weighted by atomic mass is 79.9.